The SMILES string of the molecule is CC1C(C(C)(C)O)CCN1c1cc(Nc2cc(C3(C)CC34CC4)ccc2C=N)ncn1. The molecule has 2 heterocycles. The molecule has 3 fully saturated rings. The maximum atomic E-state index is 10.5. The molecule has 31 heavy (non-hydrogen) atoms. The summed E-state index contributed by atoms with van der Waals surface area (Å²) in [4.78, 5) is 11.2. The third kappa shape index (κ3) is 3.32. The van der Waals surface area contributed by atoms with Crippen LogP contribution in [0, 0.1) is 16.7 Å². The first kappa shape index (κ1) is 20.4. The zero-order valence-corrected chi connectivity index (χ0v) is 18.9. The van der Waals surface area contributed by atoms with E-state index in [0.29, 0.717) is 5.41 Å². The van der Waals surface area contributed by atoms with Crippen LogP contribution in [0.4, 0.5) is 17.3 Å². The summed E-state index contributed by atoms with van der Waals surface area (Å²) in [6, 6.07) is 8.62. The number of rotatable bonds is 6. The van der Waals surface area contributed by atoms with Crippen LogP contribution in [-0.2, 0) is 5.41 Å². The number of hydrogen-bond acceptors (Lipinski definition) is 6. The molecule has 3 N–H and O–H groups in total. The van der Waals surface area contributed by atoms with Gasteiger partial charge in [-0.25, -0.2) is 9.97 Å². The monoisotopic (exact) mass is 419 g/mol. The summed E-state index contributed by atoms with van der Waals surface area (Å²) in [6.07, 6.45) is 7.89. The molecule has 5 rings (SSSR count). The van der Waals surface area contributed by atoms with E-state index in [1.807, 2.05) is 26.0 Å². The Bertz CT molecular complexity index is 1020. The molecule has 2 aliphatic carbocycles. The molecule has 0 amide bonds. The van der Waals surface area contributed by atoms with Gasteiger partial charge in [-0.1, -0.05) is 19.1 Å². The van der Waals surface area contributed by atoms with Crippen molar-refractivity contribution in [2.45, 2.75) is 70.4 Å². The Morgan fingerprint density at radius 3 is 2.65 bits per heavy atom. The Morgan fingerprint density at radius 1 is 1.26 bits per heavy atom. The van der Waals surface area contributed by atoms with E-state index in [1.165, 1.54) is 31.0 Å². The largest absolute Gasteiger partial charge is 0.390 e. The van der Waals surface area contributed by atoms with Crippen molar-refractivity contribution in [2.24, 2.45) is 11.3 Å². The standard InChI is InChI=1S/C25H33N5O/c1-16-19(23(2,3)31)7-10-30(16)22-12-21(27-15-28-22)29-20-11-18(6-5-17(20)13-26)24(4)14-25(24)8-9-25/h5-6,11-13,15-16,19,26,31H,7-10,14H2,1-4H3,(H,27,28,29). The summed E-state index contributed by atoms with van der Waals surface area (Å²) in [5.41, 5.74) is 3.24. The van der Waals surface area contributed by atoms with Crippen molar-refractivity contribution in [3.8, 4) is 0 Å². The third-order valence-electron chi connectivity index (χ3n) is 8.31. The molecule has 0 radical (unpaired) electrons. The Morgan fingerprint density at radius 2 is 2.03 bits per heavy atom. The van der Waals surface area contributed by atoms with Crippen LogP contribution in [0.15, 0.2) is 30.6 Å². The molecule has 2 saturated carbocycles. The number of benzene rings is 1. The highest BCUT2D eigenvalue weighted by Gasteiger charge is 2.71. The molecular formula is C25H33N5O. The second-order valence-electron chi connectivity index (χ2n) is 10.6. The number of nitrogens with zero attached hydrogens (tertiary/aromatic N) is 3. The highest BCUT2D eigenvalue weighted by Crippen LogP contribution is 2.78. The first-order valence-corrected chi connectivity index (χ1v) is 11.4. The molecule has 1 aromatic heterocycles. The van der Waals surface area contributed by atoms with Gasteiger partial charge in [-0.15, -0.1) is 0 Å². The van der Waals surface area contributed by atoms with Gasteiger partial charge < -0.3 is 20.7 Å². The van der Waals surface area contributed by atoms with Gasteiger partial charge in [-0.2, -0.15) is 0 Å². The van der Waals surface area contributed by atoms with Gasteiger partial charge in [0.25, 0.3) is 0 Å². The van der Waals surface area contributed by atoms with Crippen molar-refractivity contribution in [1.29, 1.82) is 5.41 Å². The number of aromatic nitrogens is 2. The molecule has 6 heteroatoms. The van der Waals surface area contributed by atoms with Gasteiger partial charge >= 0.3 is 0 Å². The summed E-state index contributed by atoms with van der Waals surface area (Å²) < 4.78 is 0. The fourth-order valence-electron chi connectivity index (χ4n) is 5.97. The Labute approximate surface area is 184 Å². The van der Waals surface area contributed by atoms with E-state index >= 15 is 0 Å². The van der Waals surface area contributed by atoms with Gasteiger partial charge in [-0.05, 0) is 68.9 Å². The predicted octanol–water partition coefficient (Wildman–Crippen LogP) is 4.65. The number of hydrogen-bond donors (Lipinski definition) is 3. The molecule has 1 aromatic carbocycles. The fraction of sp³-hybridized carbons (Fsp3) is 0.560. The topological polar surface area (TPSA) is 85.1 Å². The molecule has 3 unspecified atom stereocenters. The number of aliphatic hydroxyl groups is 1. The molecule has 3 atom stereocenters. The van der Waals surface area contributed by atoms with Crippen molar-refractivity contribution >= 4 is 23.5 Å². The lowest BCUT2D eigenvalue weighted by Gasteiger charge is -2.32. The van der Waals surface area contributed by atoms with Crippen molar-refractivity contribution in [1.82, 2.24) is 9.97 Å². The minimum atomic E-state index is -0.709. The van der Waals surface area contributed by atoms with E-state index in [4.69, 9.17) is 5.41 Å². The third-order valence-corrected chi connectivity index (χ3v) is 8.31. The molecule has 1 aliphatic heterocycles. The highest BCUT2D eigenvalue weighted by molar-refractivity contribution is 5.87. The van der Waals surface area contributed by atoms with Crippen molar-refractivity contribution < 1.29 is 5.11 Å². The molecule has 6 nitrogen and oxygen atoms in total. The summed E-state index contributed by atoms with van der Waals surface area (Å²) in [7, 11) is 0. The van der Waals surface area contributed by atoms with Crippen LogP contribution in [0.5, 0.6) is 0 Å². The second-order valence-corrected chi connectivity index (χ2v) is 10.6. The molecule has 2 aromatic rings. The van der Waals surface area contributed by atoms with Gasteiger partial charge in [0, 0.05) is 42.0 Å². The lowest BCUT2D eigenvalue weighted by molar-refractivity contribution is 0.0156. The number of nitrogens with one attached hydrogen (secondary N) is 2. The quantitative estimate of drug-likeness (QED) is 0.594. The Balaban J connectivity index is 1.40. The van der Waals surface area contributed by atoms with Crippen LogP contribution >= 0.6 is 0 Å². The molecule has 3 aliphatic rings. The highest BCUT2D eigenvalue weighted by atomic mass is 16.3. The van der Waals surface area contributed by atoms with Crippen LogP contribution in [0.25, 0.3) is 0 Å². The van der Waals surface area contributed by atoms with Gasteiger partial charge in [0.1, 0.15) is 18.0 Å². The summed E-state index contributed by atoms with van der Waals surface area (Å²) in [5.74, 6) is 1.80. The maximum absolute atomic E-state index is 10.5. The summed E-state index contributed by atoms with van der Waals surface area (Å²) in [6.45, 7) is 9.19. The Hall–Kier alpha value is -2.47. The fourth-order valence-corrected chi connectivity index (χ4v) is 5.97. The second kappa shape index (κ2) is 6.76. The number of anilines is 3. The average molecular weight is 420 g/mol. The van der Waals surface area contributed by atoms with E-state index in [0.717, 1.165) is 35.9 Å². The van der Waals surface area contributed by atoms with E-state index in [-0.39, 0.29) is 17.4 Å². The lowest BCUT2D eigenvalue weighted by Crippen LogP contribution is -2.40. The molecule has 1 spiro atoms. The van der Waals surface area contributed by atoms with Gasteiger partial charge in [0.2, 0.25) is 0 Å². The maximum Gasteiger partial charge on any atom is 0.135 e. The molecule has 1 saturated heterocycles. The van der Waals surface area contributed by atoms with Gasteiger partial charge in [-0.3, -0.25) is 0 Å². The smallest absolute Gasteiger partial charge is 0.135 e. The average Bonchev–Trinajstić information content (AvgIpc) is 3.57. The van der Waals surface area contributed by atoms with E-state index in [2.05, 4.69) is 46.2 Å². The zero-order valence-electron chi connectivity index (χ0n) is 18.9. The molecule has 0 bridgehead atoms. The molecular weight excluding hydrogens is 386 g/mol. The summed E-state index contributed by atoms with van der Waals surface area (Å²) >= 11 is 0. The van der Waals surface area contributed by atoms with Crippen LogP contribution < -0.4 is 10.2 Å². The van der Waals surface area contributed by atoms with E-state index in [1.54, 1.807) is 6.33 Å². The minimum absolute atomic E-state index is 0.202. The Kier molecular flexibility index (Phi) is 4.46. The lowest BCUT2D eigenvalue weighted by atomic mass is 9.85. The summed E-state index contributed by atoms with van der Waals surface area (Å²) in [5, 5.41) is 21.8. The molecule has 164 valence electrons. The van der Waals surface area contributed by atoms with E-state index in [9.17, 15) is 5.11 Å². The predicted molar refractivity (Wildman–Crippen MR) is 124 cm³/mol. The van der Waals surface area contributed by atoms with Gasteiger partial charge in [0.05, 0.1) is 5.60 Å². The van der Waals surface area contributed by atoms with Gasteiger partial charge in [0.15, 0.2) is 0 Å². The first-order chi connectivity index (χ1) is 14.7. The first-order valence-electron chi connectivity index (χ1n) is 11.4. The van der Waals surface area contributed by atoms with Crippen molar-refractivity contribution in [3.05, 3.63) is 41.7 Å². The van der Waals surface area contributed by atoms with Crippen LogP contribution in [-0.4, -0.2) is 39.5 Å². The zero-order chi connectivity index (χ0) is 22.0. The van der Waals surface area contributed by atoms with Crippen LogP contribution in [0.2, 0.25) is 0 Å². The van der Waals surface area contributed by atoms with Crippen molar-refractivity contribution in [2.75, 3.05) is 16.8 Å². The normalized spacial score (nSPS) is 28.6. The van der Waals surface area contributed by atoms with Crippen LogP contribution in [0.3, 0.4) is 0 Å². The minimum Gasteiger partial charge on any atom is -0.390 e. The van der Waals surface area contributed by atoms with Crippen molar-refractivity contribution in [3.63, 3.8) is 0 Å². The van der Waals surface area contributed by atoms with E-state index < -0.39 is 5.60 Å². The van der Waals surface area contributed by atoms with Crippen LogP contribution in [0.1, 0.15) is 64.5 Å².